The van der Waals surface area contributed by atoms with Crippen molar-refractivity contribution in [3.8, 4) is 5.75 Å². The molecule has 0 spiro atoms. The predicted octanol–water partition coefficient (Wildman–Crippen LogP) is 3.61. The van der Waals surface area contributed by atoms with Gasteiger partial charge in [-0.3, -0.25) is 4.98 Å². The van der Waals surface area contributed by atoms with Gasteiger partial charge < -0.3 is 9.64 Å². The van der Waals surface area contributed by atoms with E-state index in [1.807, 2.05) is 12.1 Å². The molecule has 21 heavy (non-hydrogen) atoms. The van der Waals surface area contributed by atoms with Crippen LogP contribution < -0.4 is 9.64 Å². The molecule has 0 amide bonds. The average Bonchev–Trinajstić information content (AvgIpc) is 2.55. The smallest absolute Gasteiger partial charge is 0.164 e. The summed E-state index contributed by atoms with van der Waals surface area (Å²) in [4.78, 5) is 5.94. The van der Waals surface area contributed by atoms with E-state index in [1.165, 1.54) is 11.8 Å². The fraction of sp³-hybridized carbons (Fsp3) is 0.353. The van der Waals surface area contributed by atoms with E-state index in [4.69, 9.17) is 4.74 Å². The number of aromatic nitrogens is 1. The van der Waals surface area contributed by atoms with Gasteiger partial charge in [-0.15, -0.1) is 0 Å². The van der Waals surface area contributed by atoms with E-state index >= 15 is 0 Å². The molecule has 0 N–H and O–H groups in total. The maximum atomic E-state index is 13.9. The molecule has 3 rings (SSSR count). The number of anilines is 1. The van der Waals surface area contributed by atoms with Crippen LogP contribution in [0.2, 0.25) is 0 Å². The molecule has 0 bridgehead atoms. The number of halogens is 1. The maximum absolute atomic E-state index is 13.9. The van der Waals surface area contributed by atoms with E-state index in [2.05, 4.69) is 22.0 Å². The van der Waals surface area contributed by atoms with Crippen LogP contribution >= 0.6 is 0 Å². The second kappa shape index (κ2) is 6.12. The Morgan fingerprint density at radius 1 is 1.24 bits per heavy atom. The summed E-state index contributed by atoms with van der Waals surface area (Å²) in [6.45, 7) is 1.74. The topological polar surface area (TPSA) is 25.4 Å². The summed E-state index contributed by atoms with van der Waals surface area (Å²) >= 11 is 0. The van der Waals surface area contributed by atoms with Gasteiger partial charge in [-0.2, -0.15) is 0 Å². The van der Waals surface area contributed by atoms with Crippen molar-refractivity contribution in [2.24, 2.45) is 0 Å². The standard InChI is InChI=1S/C17H19FN2O/c1-21-15-6-4-13(5-7-15)14-3-2-10-20(12-14)17-8-9-19-11-16(17)18/h4-9,11,14H,2-3,10,12H2,1H3/t14-/m0/s1. The van der Waals surface area contributed by atoms with Crippen molar-refractivity contribution < 1.29 is 9.13 Å². The molecular weight excluding hydrogens is 267 g/mol. The maximum Gasteiger partial charge on any atom is 0.164 e. The van der Waals surface area contributed by atoms with Gasteiger partial charge >= 0.3 is 0 Å². The summed E-state index contributed by atoms with van der Waals surface area (Å²) in [5.41, 5.74) is 1.94. The van der Waals surface area contributed by atoms with Crippen molar-refractivity contribution in [2.45, 2.75) is 18.8 Å². The molecule has 2 aromatic rings. The highest BCUT2D eigenvalue weighted by molar-refractivity contribution is 5.47. The van der Waals surface area contributed by atoms with Crippen molar-refractivity contribution in [1.82, 2.24) is 4.98 Å². The fourth-order valence-corrected chi connectivity index (χ4v) is 2.97. The zero-order valence-corrected chi connectivity index (χ0v) is 12.1. The zero-order chi connectivity index (χ0) is 14.7. The van der Waals surface area contributed by atoms with Crippen LogP contribution in [0.15, 0.2) is 42.7 Å². The first-order valence-corrected chi connectivity index (χ1v) is 7.26. The van der Waals surface area contributed by atoms with Crippen LogP contribution in [0.3, 0.4) is 0 Å². The second-order valence-corrected chi connectivity index (χ2v) is 5.39. The van der Waals surface area contributed by atoms with E-state index in [9.17, 15) is 4.39 Å². The number of pyridine rings is 1. The number of nitrogens with zero attached hydrogens (tertiary/aromatic N) is 2. The molecule has 1 aliphatic rings. The molecular formula is C17H19FN2O. The summed E-state index contributed by atoms with van der Waals surface area (Å²) in [5, 5.41) is 0. The van der Waals surface area contributed by atoms with Gasteiger partial charge in [0, 0.05) is 25.2 Å². The van der Waals surface area contributed by atoms with Gasteiger partial charge in [0.05, 0.1) is 19.0 Å². The molecule has 110 valence electrons. The van der Waals surface area contributed by atoms with Crippen molar-refractivity contribution in [1.29, 1.82) is 0 Å². The molecule has 0 radical (unpaired) electrons. The highest BCUT2D eigenvalue weighted by Crippen LogP contribution is 2.31. The normalized spacial score (nSPS) is 18.6. The van der Waals surface area contributed by atoms with E-state index < -0.39 is 0 Å². The van der Waals surface area contributed by atoms with Crippen LogP contribution in [0.25, 0.3) is 0 Å². The van der Waals surface area contributed by atoms with Crippen molar-refractivity contribution in [3.05, 3.63) is 54.1 Å². The lowest BCUT2D eigenvalue weighted by molar-refractivity contribution is 0.414. The number of hydrogen-bond acceptors (Lipinski definition) is 3. The number of rotatable bonds is 3. The summed E-state index contributed by atoms with van der Waals surface area (Å²) < 4.78 is 19.1. The Kier molecular flexibility index (Phi) is 4.04. The summed E-state index contributed by atoms with van der Waals surface area (Å²) in [6.07, 6.45) is 5.13. The van der Waals surface area contributed by atoms with Gasteiger partial charge in [0.15, 0.2) is 5.82 Å². The van der Waals surface area contributed by atoms with Crippen molar-refractivity contribution >= 4 is 5.69 Å². The number of piperidine rings is 1. The van der Waals surface area contributed by atoms with Gasteiger partial charge in [-0.25, -0.2) is 4.39 Å². The lowest BCUT2D eigenvalue weighted by Gasteiger charge is -2.34. The van der Waals surface area contributed by atoms with Crippen LogP contribution in [0.1, 0.15) is 24.3 Å². The highest BCUT2D eigenvalue weighted by atomic mass is 19.1. The van der Waals surface area contributed by atoms with E-state index in [-0.39, 0.29) is 5.82 Å². The molecule has 1 atom stereocenters. The third kappa shape index (κ3) is 2.99. The van der Waals surface area contributed by atoms with Crippen LogP contribution in [0, 0.1) is 5.82 Å². The first-order chi connectivity index (χ1) is 10.3. The molecule has 0 unspecified atom stereocenters. The molecule has 1 aliphatic heterocycles. The van der Waals surface area contributed by atoms with Gasteiger partial charge in [0.1, 0.15) is 5.75 Å². The third-order valence-corrected chi connectivity index (χ3v) is 4.10. The largest absolute Gasteiger partial charge is 0.497 e. The Labute approximate surface area is 124 Å². The summed E-state index contributed by atoms with van der Waals surface area (Å²) in [6, 6.07) is 9.94. The fourth-order valence-electron chi connectivity index (χ4n) is 2.97. The van der Waals surface area contributed by atoms with Crippen LogP contribution in [-0.2, 0) is 0 Å². The molecule has 4 heteroatoms. The van der Waals surface area contributed by atoms with Gasteiger partial charge in [0.2, 0.25) is 0 Å². The molecule has 1 aromatic carbocycles. The Bertz CT molecular complexity index is 600. The molecule has 1 saturated heterocycles. The average molecular weight is 286 g/mol. The summed E-state index contributed by atoms with van der Waals surface area (Å²) in [7, 11) is 1.67. The molecule has 1 fully saturated rings. The molecule has 3 nitrogen and oxygen atoms in total. The van der Waals surface area contributed by atoms with E-state index in [0.29, 0.717) is 11.6 Å². The Hall–Kier alpha value is -2.10. The summed E-state index contributed by atoms with van der Waals surface area (Å²) in [5.74, 6) is 1.05. The first-order valence-electron chi connectivity index (χ1n) is 7.26. The van der Waals surface area contributed by atoms with Gasteiger partial charge in [-0.05, 0) is 36.6 Å². The lowest BCUT2D eigenvalue weighted by atomic mass is 9.90. The van der Waals surface area contributed by atoms with Gasteiger partial charge in [0.25, 0.3) is 0 Å². The number of hydrogen-bond donors (Lipinski definition) is 0. The number of ether oxygens (including phenoxy) is 1. The SMILES string of the molecule is COc1ccc([C@H]2CCCN(c3ccncc3F)C2)cc1. The Balaban J connectivity index is 1.77. The van der Waals surface area contributed by atoms with E-state index in [0.717, 1.165) is 31.7 Å². The zero-order valence-electron chi connectivity index (χ0n) is 12.1. The van der Waals surface area contributed by atoms with Crippen LogP contribution in [0.4, 0.5) is 10.1 Å². The Morgan fingerprint density at radius 2 is 2.05 bits per heavy atom. The second-order valence-electron chi connectivity index (χ2n) is 5.39. The number of methoxy groups -OCH3 is 1. The van der Waals surface area contributed by atoms with Gasteiger partial charge in [-0.1, -0.05) is 12.1 Å². The monoisotopic (exact) mass is 286 g/mol. The minimum Gasteiger partial charge on any atom is -0.497 e. The lowest BCUT2D eigenvalue weighted by Crippen LogP contribution is -2.34. The molecule has 0 aliphatic carbocycles. The van der Waals surface area contributed by atoms with Crippen molar-refractivity contribution in [3.63, 3.8) is 0 Å². The quantitative estimate of drug-likeness (QED) is 0.862. The third-order valence-electron chi connectivity index (χ3n) is 4.10. The minimum atomic E-state index is -0.243. The minimum absolute atomic E-state index is 0.243. The van der Waals surface area contributed by atoms with E-state index in [1.54, 1.807) is 19.4 Å². The molecule has 1 aromatic heterocycles. The Morgan fingerprint density at radius 3 is 2.76 bits per heavy atom. The predicted molar refractivity (Wildman–Crippen MR) is 81.4 cm³/mol. The highest BCUT2D eigenvalue weighted by Gasteiger charge is 2.23. The first kappa shape index (κ1) is 13.9. The van der Waals surface area contributed by atoms with Crippen LogP contribution in [-0.4, -0.2) is 25.2 Å². The van der Waals surface area contributed by atoms with Crippen LogP contribution in [0.5, 0.6) is 5.75 Å². The number of benzene rings is 1. The molecule has 2 heterocycles. The van der Waals surface area contributed by atoms with Crippen molar-refractivity contribution in [2.75, 3.05) is 25.1 Å². The molecule has 0 saturated carbocycles.